The third-order valence-electron chi connectivity index (χ3n) is 8.18. The maximum absolute atomic E-state index is 13.6. The van der Waals surface area contributed by atoms with E-state index in [9.17, 15) is 14.0 Å². The molecular weight excluding hydrogens is 459 g/mol. The maximum Gasteiger partial charge on any atom is 0.407 e. The van der Waals surface area contributed by atoms with Crippen LogP contribution in [0.5, 0.6) is 0 Å². The molecule has 1 aromatic heterocycles. The first kappa shape index (κ1) is 24.5. The monoisotopic (exact) mass is 492 g/mol. The van der Waals surface area contributed by atoms with E-state index in [1.807, 2.05) is 31.2 Å². The Kier molecular flexibility index (Phi) is 7.08. The standard InChI is InChI=1S/C29H33FN2O4/c1-3-35-29(34)32-23-10-11-24-20(14-23)15-26-27(17(2)36-28(26)33)25(24)12-9-22-8-7-19(16-31-22)18-5-4-6-21(30)13-18/h4-9,12-13,16-17,20,23-27H,3,10-11,14-15H2,1-2H3,(H,32,34)/b12-9+/t17-,20+,23+,24-,25+,26+,27+/m1/s1. The molecule has 1 amide bonds. The van der Waals surface area contributed by atoms with Crippen molar-refractivity contribution in [3.05, 3.63) is 60.2 Å². The smallest absolute Gasteiger partial charge is 0.407 e. The zero-order valence-electron chi connectivity index (χ0n) is 20.7. The van der Waals surface area contributed by atoms with E-state index in [0.717, 1.165) is 42.5 Å². The van der Waals surface area contributed by atoms with Crippen LogP contribution in [-0.4, -0.2) is 35.8 Å². The number of allylic oxidation sites excluding steroid dienone is 1. The van der Waals surface area contributed by atoms with Crippen molar-refractivity contribution < 1.29 is 23.5 Å². The van der Waals surface area contributed by atoms with Gasteiger partial charge in [0.25, 0.3) is 0 Å². The van der Waals surface area contributed by atoms with Crippen LogP contribution < -0.4 is 5.32 Å². The second-order valence-corrected chi connectivity index (χ2v) is 10.3. The van der Waals surface area contributed by atoms with Crippen LogP contribution in [0, 0.1) is 35.4 Å². The molecule has 2 heterocycles. The number of pyridine rings is 1. The van der Waals surface area contributed by atoms with Crippen LogP contribution in [0.4, 0.5) is 9.18 Å². The van der Waals surface area contributed by atoms with E-state index < -0.39 is 0 Å². The molecule has 6 nitrogen and oxygen atoms in total. The van der Waals surface area contributed by atoms with Crippen molar-refractivity contribution in [2.75, 3.05) is 6.61 Å². The molecule has 7 heteroatoms. The molecule has 2 saturated carbocycles. The molecule has 2 aliphatic carbocycles. The minimum Gasteiger partial charge on any atom is -0.462 e. The van der Waals surface area contributed by atoms with E-state index in [2.05, 4.69) is 16.4 Å². The summed E-state index contributed by atoms with van der Waals surface area (Å²) in [6.45, 7) is 4.15. The Morgan fingerprint density at radius 2 is 2.08 bits per heavy atom. The van der Waals surface area contributed by atoms with Crippen molar-refractivity contribution in [2.45, 2.75) is 51.7 Å². The summed E-state index contributed by atoms with van der Waals surface area (Å²) < 4.78 is 24.3. The molecular formula is C29H33FN2O4. The molecule has 1 aromatic carbocycles. The van der Waals surface area contributed by atoms with E-state index in [1.165, 1.54) is 12.1 Å². The summed E-state index contributed by atoms with van der Waals surface area (Å²) in [6, 6.07) is 10.4. The average molecular weight is 493 g/mol. The number of cyclic esters (lactones) is 1. The Morgan fingerprint density at radius 3 is 2.83 bits per heavy atom. The van der Waals surface area contributed by atoms with Gasteiger partial charge < -0.3 is 14.8 Å². The van der Waals surface area contributed by atoms with Gasteiger partial charge in [-0.1, -0.05) is 24.3 Å². The molecule has 2 aromatic rings. The molecule has 190 valence electrons. The SMILES string of the molecule is CCOC(=O)N[C@H]1CC[C@@H]2[C@@H](C1)C[C@@H]1C(=O)O[C@H](C)[C@H]1[C@H]2/C=C/c1ccc(-c2cccc(F)c2)cn1. The van der Waals surface area contributed by atoms with Crippen LogP contribution in [0.1, 0.15) is 45.2 Å². The Morgan fingerprint density at radius 1 is 1.22 bits per heavy atom. The lowest BCUT2D eigenvalue weighted by atomic mass is 9.57. The van der Waals surface area contributed by atoms with Gasteiger partial charge in [-0.25, -0.2) is 9.18 Å². The van der Waals surface area contributed by atoms with Gasteiger partial charge in [0.1, 0.15) is 11.9 Å². The van der Waals surface area contributed by atoms with Gasteiger partial charge in [-0.3, -0.25) is 9.78 Å². The Balaban J connectivity index is 1.34. The lowest BCUT2D eigenvalue weighted by molar-refractivity contribution is -0.144. The van der Waals surface area contributed by atoms with E-state index in [-0.39, 0.29) is 47.8 Å². The highest BCUT2D eigenvalue weighted by molar-refractivity contribution is 5.75. The largest absolute Gasteiger partial charge is 0.462 e. The lowest BCUT2D eigenvalue weighted by Gasteiger charge is -2.47. The number of nitrogens with one attached hydrogen (secondary N) is 1. The zero-order valence-corrected chi connectivity index (χ0v) is 20.7. The van der Waals surface area contributed by atoms with Gasteiger partial charge in [-0.15, -0.1) is 0 Å². The number of nitrogens with zero attached hydrogens (tertiary/aromatic N) is 1. The van der Waals surface area contributed by atoms with E-state index >= 15 is 0 Å². The highest BCUT2D eigenvalue weighted by Gasteiger charge is 2.54. The first-order valence-corrected chi connectivity index (χ1v) is 13.0. The number of hydrogen-bond donors (Lipinski definition) is 1. The van der Waals surface area contributed by atoms with Crippen LogP contribution >= 0.6 is 0 Å². The van der Waals surface area contributed by atoms with Gasteiger partial charge >= 0.3 is 12.1 Å². The summed E-state index contributed by atoms with van der Waals surface area (Å²) in [5, 5.41) is 3.00. The molecule has 5 rings (SSSR count). The molecule has 0 radical (unpaired) electrons. The summed E-state index contributed by atoms with van der Waals surface area (Å²) in [6.07, 6.45) is 9.07. The number of hydrogen-bond acceptors (Lipinski definition) is 5. The van der Waals surface area contributed by atoms with Crippen molar-refractivity contribution in [1.82, 2.24) is 10.3 Å². The molecule has 1 aliphatic heterocycles. The fraction of sp³-hybridized carbons (Fsp3) is 0.483. The number of fused-ring (bicyclic) bond motifs is 2. The predicted molar refractivity (Wildman–Crippen MR) is 134 cm³/mol. The van der Waals surface area contributed by atoms with Crippen molar-refractivity contribution in [3.63, 3.8) is 0 Å². The van der Waals surface area contributed by atoms with Gasteiger partial charge in [0.15, 0.2) is 0 Å². The summed E-state index contributed by atoms with van der Waals surface area (Å²) in [7, 11) is 0. The van der Waals surface area contributed by atoms with Gasteiger partial charge in [0, 0.05) is 23.7 Å². The Labute approximate surface area is 211 Å². The van der Waals surface area contributed by atoms with Crippen LogP contribution in [0.15, 0.2) is 48.7 Å². The number of aromatic nitrogens is 1. The highest BCUT2D eigenvalue weighted by Crippen LogP contribution is 2.53. The summed E-state index contributed by atoms with van der Waals surface area (Å²) >= 11 is 0. The van der Waals surface area contributed by atoms with Gasteiger partial charge in [0.2, 0.25) is 0 Å². The second-order valence-electron chi connectivity index (χ2n) is 10.3. The van der Waals surface area contributed by atoms with Crippen LogP contribution in [-0.2, 0) is 14.3 Å². The quantitative estimate of drug-likeness (QED) is 0.548. The molecule has 3 fully saturated rings. The first-order chi connectivity index (χ1) is 17.4. The van der Waals surface area contributed by atoms with Crippen molar-refractivity contribution >= 4 is 18.1 Å². The van der Waals surface area contributed by atoms with Crippen LogP contribution in [0.3, 0.4) is 0 Å². The second kappa shape index (κ2) is 10.4. The maximum atomic E-state index is 13.6. The number of amides is 1. The number of alkyl carbamates (subject to hydrolysis) is 1. The summed E-state index contributed by atoms with van der Waals surface area (Å²) in [5.41, 5.74) is 2.48. The van der Waals surface area contributed by atoms with Gasteiger partial charge in [-0.2, -0.15) is 0 Å². The fourth-order valence-electron chi connectivity index (χ4n) is 6.64. The number of carbonyl (C=O) groups is 2. The topological polar surface area (TPSA) is 77.5 Å². The molecule has 0 bridgehead atoms. The first-order valence-electron chi connectivity index (χ1n) is 13.0. The molecule has 3 aliphatic rings. The van der Waals surface area contributed by atoms with E-state index in [1.54, 1.807) is 19.2 Å². The Bertz CT molecular complexity index is 1130. The number of benzene rings is 1. The van der Waals surface area contributed by atoms with Crippen molar-refractivity contribution in [1.29, 1.82) is 0 Å². The Hall–Kier alpha value is -3.22. The van der Waals surface area contributed by atoms with Crippen molar-refractivity contribution in [3.8, 4) is 11.1 Å². The normalized spacial score (nSPS) is 31.4. The van der Waals surface area contributed by atoms with E-state index in [4.69, 9.17) is 9.47 Å². The van der Waals surface area contributed by atoms with Gasteiger partial charge in [-0.05, 0) is 87.1 Å². The molecule has 36 heavy (non-hydrogen) atoms. The van der Waals surface area contributed by atoms with Crippen LogP contribution in [0.2, 0.25) is 0 Å². The molecule has 1 N–H and O–H groups in total. The number of carbonyl (C=O) groups excluding carboxylic acids is 2. The van der Waals surface area contributed by atoms with Gasteiger partial charge in [0.05, 0.1) is 18.2 Å². The molecule has 0 spiro atoms. The number of esters is 1. The van der Waals surface area contributed by atoms with Crippen LogP contribution in [0.25, 0.3) is 17.2 Å². The number of halogens is 1. The van der Waals surface area contributed by atoms with E-state index in [0.29, 0.717) is 18.4 Å². The number of ether oxygens (including phenoxy) is 2. The number of rotatable bonds is 5. The predicted octanol–water partition coefficient (Wildman–Crippen LogP) is 5.63. The molecule has 7 atom stereocenters. The lowest BCUT2D eigenvalue weighted by Crippen LogP contribution is -2.48. The fourth-order valence-corrected chi connectivity index (χ4v) is 6.64. The molecule has 1 saturated heterocycles. The zero-order chi connectivity index (χ0) is 25.2. The summed E-state index contributed by atoms with van der Waals surface area (Å²) in [4.78, 5) is 29.2. The average Bonchev–Trinajstić information content (AvgIpc) is 3.15. The van der Waals surface area contributed by atoms with Crippen molar-refractivity contribution in [2.24, 2.45) is 29.6 Å². The third kappa shape index (κ3) is 5.01. The summed E-state index contributed by atoms with van der Waals surface area (Å²) in [5.74, 6) is 0.629. The highest BCUT2D eigenvalue weighted by atomic mass is 19.1. The third-order valence-corrected chi connectivity index (χ3v) is 8.18. The molecule has 0 unspecified atom stereocenters. The minimum absolute atomic E-state index is 0.0679. The minimum atomic E-state index is -0.368.